The number of nitrogens with one attached hydrogen (secondary N) is 2. The molecule has 3 aromatic rings. The number of carbonyl (C=O) groups is 2. The lowest BCUT2D eigenvalue weighted by molar-refractivity contribution is 0.102. The summed E-state index contributed by atoms with van der Waals surface area (Å²) in [4.78, 5) is 25.1. The van der Waals surface area contributed by atoms with Gasteiger partial charge in [0.05, 0.1) is 11.3 Å². The normalized spacial score (nSPS) is 10.4. The highest BCUT2D eigenvalue weighted by molar-refractivity contribution is 7.15. The maximum atomic E-state index is 12.6. The maximum absolute atomic E-state index is 12.6. The molecule has 0 radical (unpaired) electrons. The van der Waals surface area contributed by atoms with Crippen LogP contribution in [0, 0.1) is 6.92 Å². The zero-order valence-corrected chi connectivity index (χ0v) is 15.3. The fraction of sp³-hybridized carbons (Fsp3) is 0.158. The lowest BCUT2D eigenvalue weighted by Gasteiger charge is -2.10. The van der Waals surface area contributed by atoms with E-state index >= 15 is 0 Å². The Bertz CT molecular complexity index is 952. The summed E-state index contributed by atoms with van der Waals surface area (Å²) in [5, 5.41) is 14.8. The molecule has 0 aliphatic heterocycles. The molecule has 0 aliphatic carbocycles. The largest absolute Gasteiger partial charge is 0.321 e. The Kier molecular flexibility index (Phi) is 5.38. The monoisotopic (exact) mass is 366 g/mol. The molecule has 3 rings (SSSR count). The van der Waals surface area contributed by atoms with Crippen LogP contribution in [0.25, 0.3) is 0 Å². The van der Waals surface area contributed by atoms with E-state index in [1.54, 1.807) is 36.4 Å². The second-order valence-corrected chi connectivity index (χ2v) is 6.74. The minimum Gasteiger partial charge on any atom is -0.321 e. The number of para-hydroxylation sites is 1. The zero-order valence-electron chi connectivity index (χ0n) is 14.4. The number of hydrogen-bond donors (Lipinski definition) is 2. The van der Waals surface area contributed by atoms with Crippen LogP contribution in [0.2, 0.25) is 0 Å². The summed E-state index contributed by atoms with van der Waals surface area (Å²) < 4.78 is 0. The zero-order chi connectivity index (χ0) is 18.5. The lowest BCUT2D eigenvalue weighted by Crippen LogP contribution is -2.18. The van der Waals surface area contributed by atoms with Crippen LogP contribution in [0.1, 0.15) is 38.2 Å². The Morgan fingerprint density at radius 3 is 2.54 bits per heavy atom. The maximum Gasteiger partial charge on any atom is 0.259 e. The average molecular weight is 366 g/mol. The van der Waals surface area contributed by atoms with E-state index in [-0.39, 0.29) is 11.8 Å². The standard InChI is InChI=1S/C19H18N4O2S/c1-3-16-22-23-19(26-16)21-18(25)14-9-4-5-10-15(14)20-17(24)13-8-6-7-12(2)11-13/h4-11H,3H2,1-2H3,(H,20,24)(H,21,23,25). The molecule has 26 heavy (non-hydrogen) atoms. The Balaban J connectivity index is 1.79. The Morgan fingerprint density at radius 2 is 1.81 bits per heavy atom. The summed E-state index contributed by atoms with van der Waals surface area (Å²) >= 11 is 1.33. The van der Waals surface area contributed by atoms with Crippen molar-refractivity contribution in [3.63, 3.8) is 0 Å². The number of rotatable bonds is 5. The van der Waals surface area contributed by atoms with E-state index in [1.807, 2.05) is 26.0 Å². The third-order valence-corrected chi connectivity index (χ3v) is 4.67. The minimum absolute atomic E-state index is 0.266. The van der Waals surface area contributed by atoms with Gasteiger partial charge in [0, 0.05) is 5.56 Å². The number of amides is 2. The second-order valence-electron chi connectivity index (χ2n) is 5.68. The molecule has 0 saturated carbocycles. The van der Waals surface area contributed by atoms with Gasteiger partial charge in [0.15, 0.2) is 0 Å². The number of aryl methyl sites for hydroxylation is 2. The summed E-state index contributed by atoms with van der Waals surface area (Å²) in [5.74, 6) is -0.609. The van der Waals surface area contributed by atoms with Crippen LogP contribution in [-0.2, 0) is 6.42 Å². The van der Waals surface area contributed by atoms with E-state index in [2.05, 4.69) is 20.8 Å². The van der Waals surface area contributed by atoms with Gasteiger partial charge >= 0.3 is 0 Å². The molecule has 0 saturated heterocycles. The smallest absolute Gasteiger partial charge is 0.259 e. The Hall–Kier alpha value is -3.06. The van der Waals surface area contributed by atoms with Crippen LogP contribution in [0.3, 0.4) is 0 Å². The highest BCUT2D eigenvalue weighted by Gasteiger charge is 2.16. The molecule has 2 N–H and O–H groups in total. The first kappa shape index (κ1) is 17.8. The van der Waals surface area contributed by atoms with Crippen LogP contribution in [0.4, 0.5) is 10.8 Å². The van der Waals surface area contributed by atoms with Crippen molar-refractivity contribution in [2.45, 2.75) is 20.3 Å². The summed E-state index contributed by atoms with van der Waals surface area (Å²) in [6, 6.07) is 14.1. The second kappa shape index (κ2) is 7.88. The fourth-order valence-electron chi connectivity index (χ4n) is 2.38. The molecule has 7 heteroatoms. The molecular formula is C19H18N4O2S. The number of aromatic nitrogens is 2. The SMILES string of the molecule is CCc1nnc(NC(=O)c2ccccc2NC(=O)c2cccc(C)c2)s1. The Morgan fingerprint density at radius 1 is 1.00 bits per heavy atom. The molecule has 0 spiro atoms. The molecule has 0 atom stereocenters. The first-order chi connectivity index (χ1) is 12.6. The predicted octanol–water partition coefficient (Wildman–Crippen LogP) is 3.91. The first-order valence-electron chi connectivity index (χ1n) is 8.17. The van der Waals surface area contributed by atoms with Crippen LogP contribution >= 0.6 is 11.3 Å². The van der Waals surface area contributed by atoms with E-state index in [0.29, 0.717) is 21.9 Å². The van der Waals surface area contributed by atoms with Gasteiger partial charge in [0.2, 0.25) is 5.13 Å². The molecule has 0 aliphatic rings. The quantitative estimate of drug-likeness (QED) is 0.717. The van der Waals surface area contributed by atoms with E-state index < -0.39 is 0 Å². The third-order valence-electron chi connectivity index (χ3n) is 3.69. The summed E-state index contributed by atoms with van der Waals surface area (Å²) in [5.41, 5.74) is 2.34. The topological polar surface area (TPSA) is 84.0 Å². The van der Waals surface area contributed by atoms with Crippen molar-refractivity contribution < 1.29 is 9.59 Å². The van der Waals surface area contributed by atoms with Gasteiger partial charge in [0.25, 0.3) is 11.8 Å². The molecule has 2 aromatic carbocycles. The van der Waals surface area contributed by atoms with Crippen LogP contribution < -0.4 is 10.6 Å². The molecule has 2 amide bonds. The van der Waals surface area contributed by atoms with Gasteiger partial charge in [0.1, 0.15) is 5.01 Å². The van der Waals surface area contributed by atoms with Crippen LogP contribution in [0.15, 0.2) is 48.5 Å². The molecule has 6 nitrogen and oxygen atoms in total. The molecule has 1 aromatic heterocycles. The van der Waals surface area contributed by atoms with Crippen molar-refractivity contribution in [3.8, 4) is 0 Å². The number of benzene rings is 2. The molecule has 132 valence electrons. The predicted molar refractivity (Wildman–Crippen MR) is 103 cm³/mol. The highest BCUT2D eigenvalue weighted by Crippen LogP contribution is 2.20. The summed E-state index contributed by atoms with van der Waals surface area (Å²) in [6.07, 6.45) is 0.761. The first-order valence-corrected chi connectivity index (χ1v) is 8.99. The van der Waals surface area contributed by atoms with Crippen molar-refractivity contribution in [1.82, 2.24) is 10.2 Å². The van der Waals surface area contributed by atoms with Crippen molar-refractivity contribution in [3.05, 3.63) is 70.2 Å². The van der Waals surface area contributed by atoms with Gasteiger partial charge in [-0.3, -0.25) is 14.9 Å². The van der Waals surface area contributed by atoms with Gasteiger partial charge in [-0.2, -0.15) is 0 Å². The van der Waals surface area contributed by atoms with Crippen molar-refractivity contribution in [1.29, 1.82) is 0 Å². The van der Waals surface area contributed by atoms with Crippen molar-refractivity contribution in [2.75, 3.05) is 10.6 Å². The number of carbonyl (C=O) groups excluding carboxylic acids is 2. The highest BCUT2D eigenvalue weighted by atomic mass is 32.1. The van der Waals surface area contributed by atoms with Gasteiger partial charge in [-0.15, -0.1) is 10.2 Å². The third kappa shape index (κ3) is 4.12. The molecular weight excluding hydrogens is 348 g/mol. The molecule has 0 bridgehead atoms. The fourth-order valence-corrected chi connectivity index (χ4v) is 3.06. The van der Waals surface area contributed by atoms with Gasteiger partial charge in [-0.25, -0.2) is 0 Å². The van der Waals surface area contributed by atoms with Crippen molar-refractivity contribution >= 4 is 34.0 Å². The summed E-state index contributed by atoms with van der Waals surface area (Å²) in [6.45, 7) is 3.90. The van der Waals surface area contributed by atoms with E-state index in [4.69, 9.17) is 0 Å². The van der Waals surface area contributed by atoms with E-state index in [0.717, 1.165) is 17.0 Å². The molecule has 1 heterocycles. The van der Waals surface area contributed by atoms with E-state index in [1.165, 1.54) is 11.3 Å². The van der Waals surface area contributed by atoms with Crippen LogP contribution in [-0.4, -0.2) is 22.0 Å². The van der Waals surface area contributed by atoms with Gasteiger partial charge < -0.3 is 5.32 Å². The Labute approximate surface area is 155 Å². The lowest BCUT2D eigenvalue weighted by atomic mass is 10.1. The van der Waals surface area contributed by atoms with Crippen molar-refractivity contribution in [2.24, 2.45) is 0 Å². The van der Waals surface area contributed by atoms with E-state index in [9.17, 15) is 9.59 Å². The number of hydrogen-bond acceptors (Lipinski definition) is 5. The van der Waals surface area contributed by atoms with Crippen LogP contribution in [0.5, 0.6) is 0 Å². The molecule has 0 unspecified atom stereocenters. The minimum atomic E-state index is -0.344. The number of nitrogens with zero attached hydrogens (tertiary/aromatic N) is 2. The summed E-state index contributed by atoms with van der Waals surface area (Å²) in [7, 11) is 0. The molecule has 0 fully saturated rings. The number of anilines is 2. The van der Waals surface area contributed by atoms with Gasteiger partial charge in [-0.05, 0) is 37.6 Å². The average Bonchev–Trinajstić information content (AvgIpc) is 3.09. The van der Waals surface area contributed by atoms with Gasteiger partial charge in [-0.1, -0.05) is 48.1 Å².